The number of ketones is 2. The number of aliphatic hydroxyl groups is 2. The lowest BCUT2D eigenvalue weighted by Crippen LogP contribution is -2.70. The van der Waals surface area contributed by atoms with Crippen LogP contribution >= 0.6 is 0 Å². The fraction of sp³-hybridized carbons (Fsp3) is 0.531. The van der Waals surface area contributed by atoms with Crippen molar-refractivity contribution in [1.29, 1.82) is 0 Å². The van der Waals surface area contributed by atoms with Crippen LogP contribution in [0, 0.1) is 28.6 Å². The summed E-state index contributed by atoms with van der Waals surface area (Å²) >= 11 is 0. The highest BCUT2D eigenvalue weighted by atomic mass is 19.1. The van der Waals surface area contributed by atoms with Gasteiger partial charge in [0.2, 0.25) is 0 Å². The molecule has 4 aliphatic carbocycles. The number of rotatable bonds is 4. The summed E-state index contributed by atoms with van der Waals surface area (Å²) in [5.74, 6) is -2.68. The van der Waals surface area contributed by atoms with E-state index in [9.17, 15) is 19.8 Å². The lowest BCUT2D eigenvalue weighted by molar-refractivity contribution is -0.269. The number of carbonyl (C=O) groups is 2. The van der Waals surface area contributed by atoms with Crippen molar-refractivity contribution >= 4 is 22.5 Å². The van der Waals surface area contributed by atoms with Crippen molar-refractivity contribution in [1.82, 2.24) is 10.0 Å². The Hall–Kier alpha value is -2.85. The SMILES string of the molecule is C[C@]12C=CC(=O)C=C1[C@@H](F)C[C@H]1[C@@H]3C[C@H]4CN(Cc5cccc6ncccc56)O[C@@]4(C(=O)CO)[C@@]3(C)C[C@H](O)C12F. The van der Waals surface area contributed by atoms with E-state index < -0.39 is 64.4 Å². The molecule has 1 aromatic heterocycles. The number of carbonyl (C=O) groups excluding carboxylic acids is 2. The number of hydroxylamine groups is 2. The first-order chi connectivity index (χ1) is 19.5. The number of pyridine rings is 1. The summed E-state index contributed by atoms with van der Waals surface area (Å²) in [6.45, 7) is 3.38. The Morgan fingerprint density at radius 1 is 1.20 bits per heavy atom. The minimum absolute atomic E-state index is 0.0674. The molecule has 0 bridgehead atoms. The number of nitrogens with zero attached hydrogens (tertiary/aromatic N) is 2. The summed E-state index contributed by atoms with van der Waals surface area (Å²) in [7, 11) is 0. The number of hydrogen-bond donors (Lipinski definition) is 2. The Morgan fingerprint density at radius 2 is 2.00 bits per heavy atom. The van der Waals surface area contributed by atoms with E-state index in [0.717, 1.165) is 16.5 Å². The molecule has 0 spiro atoms. The van der Waals surface area contributed by atoms with Gasteiger partial charge in [0.25, 0.3) is 0 Å². The molecule has 0 amide bonds. The molecular formula is C32H34F2N2O5. The van der Waals surface area contributed by atoms with Crippen LogP contribution in [0.4, 0.5) is 8.78 Å². The van der Waals surface area contributed by atoms with Crippen LogP contribution in [0.1, 0.15) is 38.7 Å². The van der Waals surface area contributed by atoms with Gasteiger partial charge in [0, 0.05) is 47.3 Å². The highest BCUT2D eigenvalue weighted by Crippen LogP contribution is 2.72. The summed E-state index contributed by atoms with van der Waals surface area (Å²) < 4.78 is 33.3. The molecule has 1 aromatic carbocycles. The summed E-state index contributed by atoms with van der Waals surface area (Å²) in [6, 6.07) is 9.66. The van der Waals surface area contributed by atoms with Gasteiger partial charge < -0.3 is 10.2 Å². The maximum absolute atomic E-state index is 17.5. The van der Waals surface area contributed by atoms with E-state index >= 15 is 8.78 Å². The smallest absolute Gasteiger partial charge is 0.192 e. The van der Waals surface area contributed by atoms with Crippen LogP contribution < -0.4 is 0 Å². The molecule has 5 aliphatic rings. The first-order valence-electron chi connectivity index (χ1n) is 14.4. The highest BCUT2D eigenvalue weighted by Gasteiger charge is 2.79. The molecule has 4 fully saturated rings. The normalized spacial score (nSPS) is 43.3. The first kappa shape index (κ1) is 27.0. The topological polar surface area (TPSA) is 100.0 Å². The van der Waals surface area contributed by atoms with Gasteiger partial charge in [-0.25, -0.2) is 8.78 Å². The standard InChI is InChI=1S/C32H34F2N2O5/c1-29-9-8-20(38)12-24(29)25(33)13-23-22-11-19-16-36(15-18-5-3-7-26-21(18)6-4-10-35-26)41-32(19,28(40)17-37)30(22,2)14-27(39)31(23,29)34/h3-10,12,19,22-23,25,27,37,39H,11,13-17H2,1-2H3/t19-,22-,23-,25-,27-,29-,30-,31?,32-/m0/s1. The average molecular weight is 565 g/mol. The van der Waals surface area contributed by atoms with Gasteiger partial charge in [0.05, 0.1) is 11.6 Å². The van der Waals surface area contributed by atoms with Crippen LogP contribution in [0.3, 0.4) is 0 Å². The maximum Gasteiger partial charge on any atom is 0.192 e. The van der Waals surface area contributed by atoms with Gasteiger partial charge in [-0.1, -0.05) is 31.2 Å². The number of Topliss-reactive ketones (excluding diaryl/α,β-unsaturated/α-hetero) is 1. The highest BCUT2D eigenvalue weighted by molar-refractivity contribution is 6.01. The number of hydrogen-bond acceptors (Lipinski definition) is 7. The lowest BCUT2D eigenvalue weighted by Gasteiger charge is -2.63. The Kier molecular flexibility index (Phi) is 5.82. The van der Waals surface area contributed by atoms with Gasteiger partial charge >= 0.3 is 0 Å². The van der Waals surface area contributed by atoms with Crippen molar-refractivity contribution in [3.63, 3.8) is 0 Å². The third kappa shape index (κ3) is 3.29. The Morgan fingerprint density at radius 3 is 2.78 bits per heavy atom. The zero-order valence-electron chi connectivity index (χ0n) is 23.1. The van der Waals surface area contributed by atoms with E-state index in [1.807, 2.05) is 37.3 Å². The monoisotopic (exact) mass is 564 g/mol. The van der Waals surface area contributed by atoms with Crippen LogP contribution in [0.2, 0.25) is 0 Å². The maximum atomic E-state index is 17.5. The Labute approximate surface area is 236 Å². The number of aliphatic hydroxyl groups excluding tert-OH is 2. The largest absolute Gasteiger partial charge is 0.390 e. The van der Waals surface area contributed by atoms with Crippen molar-refractivity contribution in [2.24, 2.45) is 28.6 Å². The average Bonchev–Trinajstić information content (AvgIpc) is 3.43. The number of halogens is 2. The van der Waals surface area contributed by atoms with E-state index in [0.29, 0.717) is 19.5 Å². The summed E-state index contributed by atoms with van der Waals surface area (Å²) in [5, 5.41) is 24.5. The van der Waals surface area contributed by atoms with Crippen LogP contribution in [-0.4, -0.2) is 68.5 Å². The molecule has 2 aromatic rings. The predicted molar refractivity (Wildman–Crippen MR) is 146 cm³/mol. The summed E-state index contributed by atoms with van der Waals surface area (Å²) in [6.07, 6.45) is 2.57. The Bertz CT molecular complexity index is 1520. The number of fused-ring (bicyclic) bond motifs is 8. The molecule has 1 unspecified atom stereocenters. The van der Waals surface area contributed by atoms with Crippen LogP contribution in [0.15, 0.2) is 60.3 Å². The molecule has 3 saturated carbocycles. The van der Waals surface area contributed by atoms with Crippen molar-refractivity contribution in [2.45, 2.75) is 63.2 Å². The van der Waals surface area contributed by atoms with E-state index in [1.165, 1.54) is 18.2 Å². The van der Waals surface area contributed by atoms with Crippen molar-refractivity contribution in [2.75, 3.05) is 13.2 Å². The quantitative estimate of drug-likeness (QED) is 0.583. The summed E-state index contributed by atoms with van der Waals surface area (Å²) in [4.78, 5) is 36.8. The third-order valence-electron chi connectivity index (χ3n) is 11.3. The van der Waals surface area contributed by atoms with Crippen molar-refractivity contribution in [3.8, 4) is 0 Å². The van der Waals surface area contributed by atoms with Gasteiger partial charge in [-0.2, -0.15) is 5.06 Å². The second kappa shape index (κ2) is 8.83. The van der Waals surface area contributed by atoms with Crippen LogP contribution in [0.25, 0.3) is 10.9 Å². The number of benzene rings is 1. The summed E-state index contributed by atoms with van der Waals surface area (Å²) in [5.41, 5.74) is -4.40. The number of aromatic nitrogens is 1. The lowest BCUT2D eigenvalue weighted by atomic mass is 9.44. The predicted octanol–water partition coefficient (Wildman–Crippen LogP) is 3.83. The van der Waals surface area contributed by atoms with Gasteiger partial charge in [-0.3, -0.25) is 19.4 Å². The van der Waals surface area contributed by atoms with E-state index in [2.05, 4.69) is 4.98 Å². The molecule has 7 nitrogen and oxygen atoms in total. The molecule has 9 atom stereocenters. The molecule has 2 N–H and O–H groups in total. The fourth-order valence-electron chi connectivity index (χ4n) is 9.53. The molecule has 1 saturated heterocycles. The fourth-order valence-corrected chi connectivity index (χ4v) is 9.53. The molecule has 7 rings (SSSR count). The van der Waals surface area contributed by atoms with E-state index in [-0.39, 0.29) is 24.3 Å². The minimum Gasteiger partial charge on any atom is -0.390 e. The third-order valence-corrected chi connectivity index (χ3v) is 11.3. The van der Waals surface area contributed by atoms with E-state index in [4.69, 9.17) is 4.84 Å². The van der Waals surface area contributed by atoms with Crippen molar-refractivity contribution in [3.05, 3.63) is 65.9 Å². The number of alkyl halides is 2. The van der Waals surface area contributed by atoms with Gasteiger partial charge in [0.15, 0.2) is 22.8 Å². The molecule has 1 aliphatic heterocycles. The van der Waals surface area contributed by atoms with Crippen LogP contribution in [-0.2, 0) is 21.0 Å². The minimum atomic E-state index is -2.24. The zero-order chi connectivity index (χ0) is 28.9. The zero-order valence-corrected chi connectivity index (χ0v) is 23.1. The van der Waals surface area contributed by atoms with Crippen molar-refractivity contribution < 1.29 is 33.4 Å². The van der Waals surface area contributed by atoms with Crippen LogP contribution in [0.5, 0.6) is 0 Å². The molecular weight excluding hydrogens is 530 g/mol. The molecule has 216 valence electrons. The van der Waals surface area contributed by atoms with Gasteiger partial charge in [-0.15, -0.1) is 0 Å². The van der Waals surface area contributed by atoms with Gasteiger partial charge in [-0.05, 0) is 67.5 Å². The molecule has 2 heterocycles. The van der Waals surface area contributed by atoms with E-state index in [1.54, 1.807) is 18.2 Å². The number of allylic oxidation sites excluding steroid dienone is 4. The first-order valence-corrected chi connectivity index (χ1v) is 14.4. The molecule has 41 heavy (non-hydrogen) atoms. The molecule has 9 heteroatoms. The molecule has 0 radical (unpaired) electrons. The Balaban J connectivity index is 1.27. The second-order valence-corrected chi connectivity index (χ2v) is 13.0. The second-order valence-electron chi connectivity index (χ2n) is 13.0. The van der Waals surface area contributed by atoms with Gasteiger partial charge in [0.1, 0.15) is 12.8 Å².